The summed E-state index contributed by atoms with van der Waals surface area (Å²) in [5.41, 5.74) is 1.60. The first-order valence-corrected chi connectivity index (χ1v) is 9.56. The minimum Gasteiger partial charge on any atom is -0.279 e. The highest BCUT2D eigenvalue weighted by molar-refractivity contribution is 7.94. The lowest BCUT2D eigenvalue weighted by atomic mass is 10.2. The van der Waals surface area contributed by atoms with E-state index in [1.165, 1.54) is 5.41 Å². The molecule has 4 aromatic rings. The molecule has 0 amide bonds. The van der Waals surface area contributed by atoms with E-state index in [-0.39, 0.29) is 4.90 Å². The molecule has 0 spiro atoms. The van der Waals surface area contributed by atoms with Crippen LogP contribution in [-0.2, 0) is 9.84 Å². The van der Waals surface area contributed by atoms with E-state index in [1.54, 1.807) is 54.9 Å². The van der Waals surface area contributed by atoms with E-state index in [0.29, 0.717) is 11.6 Å². The van der Waals surface area contributed by atoms with Crippen molar-refractivity contribution < 1.29 is 8.42 Å². The average Bonchev–Trinajstić information content (AvgIpc) is 3.06. The van der Waals surface area contributed by atoms with Gasteiger partial charge in [-0.3, -0.25) is 4.57 Å². The summed E-state index contributed by atoms with van der Waals surface area (Å²) in [4.78, 5) is 8.87. The first-order chi connectivity index (χ1) is 12.6. The Bertz CT molecular complexity index is 1180. The summed E-state index contributed by atoms with van der Waals surface area (Å²) in [6.45, 7) is 0. The van der Waals surface area contributed by atoms with Crippen LogP contribution in [0.25, 0.3) is 22.9 Å². The average molecular weight is 361 g/mol. The molecule has 0 aliphatic carbocycles. The van der Waals surface area contributed by atoms with Crippen LogP contribution in [0.2, 0.25) is 0 Å². The summed E-state index contributed by atoms with van der Waals surface area (Å²) in [6, 6.07) is 19.8. The summed E-state index contributed by atoms with van der Waals surface area (Å²) in [5.74, 6) is 0.491. The first kappa shape index (κ1) is 16.2. The Morgan fingerprint density at radius 3 is 2.31 bits per heavy atom. The van der Waals surface area contributed by atoms with Gasteiger partial charge in [0, 0.05) is 23.2 Å². The fourth-order valence-corrected chi connectivity index (χ4v) is 3.79. The Kier molecular flexibility index (Phi) is 4.10. The van der Waals surface area contributed by atoms with Crippen LogP contribution in [-0.4, -0.2) is 23.0 Å². The normalized spacial score (nSPS) is 12.0. The maximum absolute atomic E-state index is 12.5. The van der Waals surface area contributed by atoms with Crippen molar-refractivity contribution in [2.24, 2.45) is 0 Å². The van der Waals surface area contributed by atoms with Gasteiger partial charge in [0.25, 0.3) is 0 Å². The maximum Gasteiger partial charge on any atom is 0.234 e. The molecular formula is C20H15N3O2S. The molecule has 6 heteroatoms. The molecule has 0 N–H and O–H groups in total. The van der Waals surface area contributed by atoms with E-state index in [1.807, 2.05) is 34.9 Å². The second-order valence-electron chi connectivity index (χ2n) is 5.67. The van der Waals surface area contributed by atoms with Crippen molar-refractivity contribution >= 4 is 26.8 Å². The molecule has 0 aliphatic rings. The van der Waals surface area contributed by atoms with Crippen LogP contribution in [0.5, 0.6) is 0 Å². The van der Waals surface area contributed by atoms with Gasteiger partial charge >= 0.3 is 0 Å². The van der Waals surface area contributed by atoms with Gasteiger partial charge < -0.3 is 0 Å². The van der Waals surface area contributed by atoms with Gasteiger partial charge in [0.15, 0.2) is 9.84 Å². The Hall–Kier alpha value is -3.25. The summed E-state index contributed by atoms with van der Waals surface area (Å²) in [5, 5.41) is 2.20. The molecule has 2 aromatic carbocycles. The highest BCUT2D eigenvalue weighted by atomic mass is 32.2. The number of hydrogen-bond donors (Lipinski definition) is 0. The summed E-state index contributed by atoms with van der Waals surface area (Å²) in [6.07, 6.45) is 4.90. The van der Waals surface area contributed by atoms with E-state index < -0.39 is 9.84 Å². The van der Waals surface area contributed by atoms with Crippen LogP contribution in [0, 0.1) is 0 Å². The van der Waals surface area contributed by atoms with Gasteiger partial charge in [-0.15, -0.1) is 0 Å². The second kappa shape index (κ2) is 6.57. The van der Waals surface area contributed by atoms with Crippen LogP contribution < -0.4 is 0 Å². The molecule has 0 saturated carbocycles. The fourth-order valence-electron chi connectivity index (χ4n) is 2.78. The highest BCUT2D eigenvalue weighted by Crippen LogP contribution is 2.24. The molecule has 26 heavy (non-hydrogen) atoms. The minimum atomic E-state index is -3.53. The van der Waals surface area contributed by atoms with Gasteiger partial charge in [-0.25, -0.2) is 18.4 Å². The van der Waals surface area contributed by atoms with E-state index in [4.69, 9.17) is 0 Å². The quantitative estimate of drug-likeness (QED) is 0.553. The van der Waals surface area contributed by atoms with Crippen LogP contribution >= 0.6 is 0 Å². The lowest BCUT2D eigenvalue weighted by molar-refractivity contribution is 0.605. The topological polar surface area (TPSA) is 64.8 Å². The van der Waals surface area contributed by atoms with Gasteiger partial charge in [0.2, 0.25) is 5.95 Å². The van der Waals surface area contributed by atoms with Crippen molar-refractivity contribution in [3.63, 3.8) is 0 Å². The molecular weight excluding hydrogens is 346 g/mol. The van der Waals surface area contributed by atoms with Crippen LogP contribution in [0.4, 0.5) is 0 Å². The number of fused-ring (bicyclic) bond motifs is 1. The van der Waals surface area contributed by atoms with Crippen molar-refractivity contribution in [2.45, 2.75) is 4.90 Å². The van der Waals surface area contributed by atoms with Crippen molar-refractivity contribution in [3.05, 3.63) is 90.2 Å². The third-order valence-corrected chi connectivity index (χ3v) is 5.40. The van der Waals surface area contributed by atoms with E-state index in [9.17, 15) is 8.42 Å². The third kappa shape index (κ3) is 3.02. The molecule has 0 radical (unpaired) electrons. The zero-order valence-electron chi connectivity index (χ0n) is 13.7. The summed E-state index contributed by atoms with van der Waals surface area (Å²) in [7, 11) is -3.53. The van der Waals surface area contributed by atoms with E-state index in [0.717, 1.165) is 10.9 Å². The van der Waals surface area contributed by atoms with Crippen molar-refractivity contribution in [1.82, 2.24) is 14.5 Å². The van der Waals surface area contributed by atoms with Gasteiger partial charge in [-0.1, -0.05) is 36.4 Å². The largest absolute Gasteiger partial charge is 0.279 e. The summed E-state index contributed by atoms with van der Waals surface area (Å²) >= 11 is 0. The second-order valence-corrected chi connectivity index (χ2v) is 7.51. The lowest BCUT2D eigenvalue weighted by Crippen LogP contribution is -2.02. The molecule has 2 heterocycles. The maximum atomic E-state index is 12.5. The number of sulfone groups is 1. The zero-order valence-corrected chi connectivity index (χ0v) is 14.5. The third-order valence-electron chi connectivity index (χ3n) is 3.98. The van der Waals surface area contributed by atoms with Gasteiger partial charge in [-0.2, -0.15) is 0 Å². The Morgan fingerprint density at radius 2 is 1.54 bits per heavy atom. The zero-order chi connectivity index (χ0) is 18.0. The molecule has 2 aromatic heterocycles. The Labute approximate surface area is 151 Å². The Balaban J connectivity index is 1.85. The van der Waals surface area contributed by atoms with Gasteiger partial charge in [-0.05, 0) is 36.4 Å². The SMILES string of the molecule is O=S(=O)(/C=C/c1cc2ccccc2n1-c1ncccn1)c1ccccc1. The van der Waals surface area contributed by atoms with Gasteiger partial charge in [0.1, 0.15) is 0 Å². The Morgan fingerprint density at radius 1 is 0.846 bits per heavy atom. The smallest absolute Gasteiger partial charge is 0.234 e. The number of para-hydroxylation sites is 1. The van der Waals surface area contributed by atoms with Crippen LogP contribution in [0.3, 0.4) is 0 Å². The summed E-state index contributed by atoms with van der Waals surface area (Å²) < 4.78 is 26.9. The molecule has 0 saturated heterocycles. The minimum absolute atomic E-state index is 0.259. The molecule has 0 bridgehead atoms. The van der Waals surface area contributed by atoms with Crippen molar-refractivity contribution in [3.8, 4) is 5.95 Å². The predicted molar refractivity (Wildman–Crippen MR) is 102 cm³/mol. The predicted octanol–water partition coefficient (Wildman–Crippen LogP) is 3.87. The van der Waals surface area contributed by atoms with Crippen molar-refractivity contribution in [1.29, 1.82) is 0 Å². The van der Waals surface area contributed by atoms with Gasteiger partial charge in [0.05, 0.1) is 16.1 Å². The fraction of sp³-hybridized carbons (Fsp3) is 0. The van der Waals surface area contributed by atoms with Crippen LogP contribution in [0.1, 0.15) is 5.69 Å². The number of nitrogens with zero attached hydrogens (tertiary/aromatic N) is 3. The number of aromatic nitrogens is 3. The van der Waals surface area contributed by atoms with E-state index in [2.05, 4.69) is 9.97 Å². The standard InChI is InChI=1S/C20H15N3O2S/c24-26(25,18-8-2-1-3-9-18)14-11-17-15-16-7-4-5-10-19(16)23(17)20-21-12-6-13-22-20/h1-15H/b14-11+. The lowest BCUT2D eigenvalue weighted by Gasteiger charge is -2.06. The van der Waals surface area contributed by atoms with E-state index >= 15 is 0 Å². The molecule has 0 fully saturated rings. The van der Waals surface area contributed by atoms with Crippen molar-refractivity contribution in [2.75, 3.05) is 0 Å². The number of rotatable bonds is 4. The molecule has 0 aliphatic heterocycles. The highest BCUT2D eigenvalue weighted by Gasteiger charge is 2.13. The molecule has 5 nitrogen and oxygen atoms in total. The van der Waals surface area contributed by atoms with Crippen LogP contribution in [0.15, 0.2) is 89.4 Å². The number of hydrogen-bond acceptors (Lipinski definition) is 4. The molecule has 4 rings (SSSR count). The first-order valence-electron chi connectivity index (χ1n) is 8.01. The molecule has 0 atom stereocenters. The number of benzene rings is 2. The molecule has 0 unspecified atom stereocenters. The molecule has 128 valence electrons. The monoisotopic (exact) mass is 361 g/mol.